The lowest BCUT2D eigenvalue weighted by Gasteiger charge is -2.29. The lowest BCUT2D eigenvalue weighted by atomic mass is 9.92. The molecular weight excluding hydrogens is 466 g/mol. The van der Waals surface area contributed by atoms with E-state index in [9.17, 15) is 27.1 Å². The topological polar surface area (TPSA) is 95.9 Å². The molecule has 0 spiro atoms. The number of aryl methyl sites for hydroxylation is 1. The summed E-state index contributed by atoms with van der Waals surface area (Å²) < 4.78 is 60.1. The summed E-state index contributed by atoms with van der Waals surface area (Å²) in [7, 11) is -4.01. The fourth-order valence-corrected chi connectivity index (χ4v) is 6.46. The number of aliphatic carboxylic acids is 1. The average Bonchev–Trinajstić information content (AvgIpc) is 3.26. The van der Waals surface area contributed by atoms with E-state index in [2.05, 4.69) is 5.32 Å². The standard InChI is InChI=1S/C24H36F2N2O5S/c1-17-8-9-22(34(31,32)28-15-5-7-20(28)23(29)30)21(16-17)33-18(2)6-3-4-14-27-19-10-12-24(25,26)13-11-19/h8-9,16,18-20,27H,3-7,10-15H2,1-2H3,(H,29,30)/t18-,20-/m0/s1. The Balaban J connectivity index is 1.53. The number of benzene rings is 1. The SMILES string of the molecule is Cc1ccc(S(=O)(=O)N2CCC[C@H]2C(=O)O)c(O[C@@H](C)CCCCNC2CCC(F)(F)CC2)c1. The van der Waals surface area contributed by atoms with E-state index in [1.165, 1.54) is 6.07 Å². The molecule has 0 radical (unpaired) electrons. The van der Waals surface area contributed by atoms with Gasteiger partial charge in [0, 0.05) is 25.4 Å². The molecule has 1 aliphatic carbocycles. The lowest BCUT2D eigenvalue weighted by Crippen LogP contribution is -2.40. The zero-order chi connectivity index (χ0) is 24.9. The second-order valence-electron chi connectivity index (χ2n) is 9.57. The van der Waals surface area contributed by atoms with Gasteiger partial charge in [0.05, 0.1) is 6.10 Å². The summed E-state index contributed by atoms with van der Waals surface area (Å²) in [5, 5.41) is 12.8. The molecule has 2 fully saturated rings. The minimum absolute atomic E-state index is 0.00568. The van der Waals surface area contributed by atoms with Crippen LogP contribution in [-0.2, 0) is 14.8 Å². The van der Waals surface area contributed by atoms with Gasteiger partial charge in [-0.1, -0.05) is 6.07 Å². The highest BCUT2D eigenvalue weighted by Crippen LogP contribution is 2.34. The molecule has 0 unspecified atom stereocenters. The van der Waals surface area contributed by atoms with Crippen LogP contribution in [0.1, 0.15) is 70.3 Å². The average molecular weight is 503 g/mol. The number of nitrogens with zero attached hydrogens (tertiary/aromatic N) is 1. The van der Waals surface area contributed by atoms with Crippen LogP contribution >= 0.6 is 0 Å². The number of sulfonamides is 1. The van der Waals surface area contributed by atoms with Gasteiger partial charge in [-0.25, -0.2) is 17.2 Å². The van der Waals surface area contributed by atoms with Gasteiger partial charge in [-0.2, -0.15) is 4.31 Å². The quantitative estimate of drug-likeness (QED) is 0.437. The number of hydrogen-bond donors (Lipinski definition) is 2. The highest BCUT2D eigenvalue weighted by molar-refractivity contribution is 7.89. The van der Waals surface area contributed by atoms with E-state index in [1.807, 2.05) is 13.8 Å². The fraction of sp³-hybridized carbons (Fsp3) is 0.708. The summed E-state index contributed by atoms with van der Waals surface area (Å²) in [6.07, 6.45) is 3.87. The van der Waals surface area contributed by atoms with Crippen molar-refractivity contribution in [3.63, 3.8) is 0 Å². The molecule has 0 bridgehead atoms. The Labute approximate surface area is 200 Å². The molecule has 2 N–H and O–H groups in total. The first-order valence-electron chi connectivity index (χ1n) is 12.1. The van der Waals surface area contributed by atoms with Gasteiger partial charge in [0.25, 0.3) is 0 Å². The summed E-state index contributed by atoms with van der Waals surface area (Å²) in [5.41, 5.74) is 0.847. The highest BCUT2D eigenvalue weighted by atomic mass is 32.2. The third kappa shape index (κ3) is 6.88. The van der Waals surface area contributed by atoms with E-state index in [0.717, 1.165) is 29.3 Å². The van der Waals surface area contributed by atoms with Crippen LogP contribution in [0, 0.1) is 6.92 Å². The molecule has 192 valence electrons. The van der Waals surface area contributed by atoms with Gasteiger partial charge in [0.1, 0.15) is 16.7 Å². The van der Waals surface area contributed by atoms with Crippen molar-refractivity contribution in [1.29, 1.82) is 0 Å². The van der Waals surface area contributed by atoms with Gasteiger partial charge in [-0.15, -0.1) is 0 Å². The predicted octanol–water partition coefficient (Wildman–Crippen LogP) is 4.34. The van der Waals surface area contributed by atoms with E-state index in [-0.39, 0.29) is 42.2 Å². The van der Waals surface area contributed by atoms with E-state index in [4.69, 9.17) is 4.74 Å². The van der Waals surface area contributed by atoms with Crippen LogP contribution in [0.25, 0.3) is 0 Å². The molecule has 10 heteroatoms. The molecule has 34 heavy (non-hydrogen) atoms. The van der Waals surface area contributed by atoms with Crippen LogP contribution in [0.2, 0.25) is 0 Å². The summed E-state index contributed by atoms with van der Waals surface area (Å²) in [4.78, 5) is 11.5. The van der Waals surface area contributed by atoms with E-state index < -0.39 is 28.0 Å². The van der Waals surface area contributed by atoms with Crippen LogP contribution < -0.4 is 10.1 Å². The molecule has 0 amide bonds. The first-order chi connectivity index (χ1) is 16.0. The van der Waals surface area contributed by atoms with Crippen molar-refractivity contribution in [2.45, 2.75) is 101 Å². The van der Waals surface area contributed by atoms with Gasteiger partial charge in [-0.05, 0) is 83.0 Å². The van der Waals surface area contributed by atoms with Crippen LogP contribution in [0.4, 0.5) is 8.78 Å². The van der Waals surface area contributed by atoms with Crippen molar-refractivity contribution in [2.75, 3.05) is 13.1 Å². The third-order valence-corrected chi connectivity index (χ3v) is 8.64. The van der Waals surface area contributed by atoms with Crippen LogP contribution in [0.3, 0.4) is 0 Å². The number of carbonyl (C=O) groups is 1. The Kier molecular flexibility index (Phi) is 8.92. The third-order valence-electron chi connectivity index (χ3n) is 6.69. The van der Waals surface area contributed by atoms with Crippen molar-refractivity contribution in [3.05, 3.63) is 23.8 Å². The first-order valence-corrected chi connectivity index (χ1v) is 13.6. The monoisotopic (exact) mass is 502 g/mol. The Morgan fingerprint density at radius 3 is 2.65 bits per heavy atom. The second-order valence-corrected chi connectivity index (χ2v) is 11.4. The highest BCUT2D eigenvalue weighted by Gasteiger charge is 2.41. The maximum absolute atomic E-state index is 13.3. The van der Waals surface area contributed by atoms with Gasteiger partial charge < -0.3 is 15.2 Å². The Morgan fingerprint density at radius 2 is 1.97 bits per heavy atom. The number of carboxylic acids is 1. The second kappa shape index (κ2) is 11.3. The Bertz CT molecular complexity index is 947. The lowest BCUT2D eigenvalue weighted by molar-refractivity contribution is -0.140. The van der Waals surface area contributed by atoms with E-state index in [0.29, 0.717) is 32.1 Å². The van der Waals surface area contributed by atoms with Gasteiger partial charge in [-0.3, -0.25) is 4.79 Å². The van der Waals surface area contributed by atoms with E-state index >= 15 is 0 Å². The zero-order valence-corrected chi connectivity index (χ0v) is 20.8. The van der Waals surface area contributed by atoms with Gasteiger partial charge in [0.2, 0.25) is 15.9 Å². The van der Waals surface area contributed by atoms with E-state index in [1.54, 1.807) is 12.1 Å². The molecule has 1 aromatic carbocycles. The molecule has 3 rings (SSSR count). The number of halogens is 2. The first kappa shape index (κ1) is 26.8. The molecule has 1 heterocycles. The molecule has 2 aliphatic rings. The number of nitrogens with one attached hydrogen (secondary N) is 1. The van der Waals surface area contributed by atoms with Crippen molar-refractivity contribution in [2.24, 2.45) is 0 Å². The van der Waals surface area contributed by atoms with Crippen molar-refractivity contribution >= 4 is 16.0 Å². The molecule has 1 aliphatic heterocycles. The maximum atomic E-state index is 13.3. The van der Waals surface area contributed by atoms with Crippen molar-refractivity contribution in [3.8, 4) is 5.75 Å². The summed E-state index contributed by atoms with van der Waals surface area (Å²) in [5.74, 6) is -3.42. The van der Waals surface area contributed by atoms with Crippen LogP contribution in [-0.4, -0.2) is 61.0 Å². The molecule has 1 saturated heterocycles. The normalized spacial score (nSPS) is 22.5. The number of alkyl halides is 2. The fourth-order valence-electron chi connectivity index (χ4n) is 4.70. The Morgan fingerprint density at radius 1 is 1.26 bits per heavy atom. The molecule has 7 nitrogen and oxygen atoms in total. The number of hydrogen-bond acceptors (Lipinski definition) is 5. The Hall–Kier alpha value is -1.78. The maximum Gasteiger partial charge on any atom is 0.322 e. The number of unbranched alkanes of at least 4 members (excludes halogenated alkanes) is 1. The smallest absolute Gasteiger partial charge is 0.322 e. The zero-order valence-electron chi connectivity index (χ0n) is 19.9. The molecule has 0 aromatic heterocycles. The minimum Gasteiger partial charge on any atom is -0.489 e. The number of rotatable bonds is 11. The number of ether oxygens (including phenoxy) is 1. The summed E-state index contributed by atoms with van der Waals surface area (Å²) in [6, 6.07) is 3.94. The summed E-state index contributed by atoms with van der Waals surface area (Å²) >= 11 is 0. The molecular formula is C24H36F2N2O5S. The molecule has 1 saturated carbocycles. The van der Waals surface area contributed by atoms with Gasteiger partial charge in [0.15, 0.2) is 0 Å². The van der Waals surface area contributed by atoms with Crippen LogP contribution in [0.15, 0.2) is 23.1 Å². The predicted molar refractivity (Wildman–Crippen MR) is 125 cm³/mol. The van der Waals surface area contributed by atoms with Crippen molar-refractivity contribution in [1.82, 2.24) is 9.62 Å². The van der Waals surface area contributed by atoms with Gasteiger partial charge >= 0.3 is 5.97 Å². The van der Waals surface area contributed by atoms with Crippen molar-refractivity contribution < 1.29 is 31.8 Å². The summed E-state index contributed by atoms with van der Waals surface area (Å²) in [6.45, 7) is 4.65. The molecule has 2 atom stereocenters. The minimum atomic E-state index is -4.01. The molecule has 1 aromatic rings. The largest absolute Gasteiger partial charge is 0.489 e. The van der Waals surface area contributed by atoms with Crippen LogP contribution in [0.5, 0.6) is 5.75 Å². The number of carboxylic acid groups (broad SMARTS) is 1.